The van der Waals surface area contributed by atoms with Gasteiger partial charge in [-0.3, -0.25) is 9.69 Å². The van der Waals surface area contributed by atoms with E-state index in [-0.39, 0.29) is 0 Å². The predicted octanol–water partition coefficient (Wildman–Crippen LogP) is 2.15. The Morgan fingerprint density at radius 2 is 1.96 bits per heavy atom. The van der Waals surface area contributed by atoms with Crippen molar-refractivity contribution >= 4 is 5.91 Å². The van der Waals surface area contributed by atoms with Gasteiger partial charge in [0.2, 0.25) is 5.91 Å². The zero-order valence-corrected chi connectivity index (χ0v) is 14.7. The number of nitrogens with zero attached hydrogens (tertiary/aromatic N) is 2. The summed E-state index contributed by atoms with van der Waals surface area (Å²) < 4.78 is 10.4. The van der Waals surface area contributed by atoms with E-state index < -0.39 is 0 Å². The zero-order valence-electron chi connectivity index (χ0n) is 14.7. The van der Waals surface area contributed by atoms with Gasteiger partial charge in [-0.2, -0.15) is 0 Å². The number of likely N-dealkylation sites (tertiary alicyclic amines) is 2. The fourth-order valence-electron chi connectivity index (χ4n) is 4.04. The van der Waals surface area contributed by atoms with Crippen molar-refractivity contribution in [2.24, 2.45) is 5.92 Å². The molecule has 5 nitrogen and oxygen atoms in total. The largest absolute Gasteiger partial charge is 0.497 e. The average Bonchev–Trinajstić information content (AvgIpc) is 2.61. The normalized spacial score (nSPS) is 24.8. The molecule has 0 radical (unpaired) electrons. The molecule has 0 aromatic heterocycles. The number of amides is 1. The Morgan fingerprint density at radius 3 is 2.67 bits per heavy atom. The van der Waals surface area contributed by atoms with E-state index in [1.165, 1.54) is 5.56 Å². The third kappa shape index (κ3) is 3.90. The fourth-order valence-corrected chi connectivity index (χ4v) is 4.04. The lowest BCUT2D eigenvalue weighted by atomic mass is 9.83. The topological polar surface area (TPSA) is 42.0 Å². The molecule has 1 aromatic carbocycles. The summed E-state index contributed by atoms with van der Waals surface area (Å²) in [6.07, 6.45) is 2.77. The summed E-state index contributed by atoms with van der Waals surface area (Å²) in [5.74, 6) is 1.79. The summed E-state index contributed by atoms with van der Waals surface area (Å²) in [6.45, 7) is 4.45. The van der Waals surface area contributed by atoms with Crippen molar-refractivity contribution in [2.45, 2.75) is 31.8 Å². The summed E-state index contributed by atoms with van der Waals surface area (Å²) in [6, 6.07) is 8.72. The van der Waals surface area contributed by atoms with Gasteiger partial charge in [0.1, 0.15) is 5.75 Å². The monoisotopic (exact) mass is 332 g/mol. The summed E-state index contributed by atoms with van der Waals surface area (Å²) in [5.41, 5.74) is 1.32. The lowest BCUT2D eigenvalue weighted by molar-refractivity contribution is -0.142. The molecular formula is C19H28N2O3. The molecule has 0 N–H and O–H groups in total. The molecule has 1 amide bonds. The highest BCUT2D eigenvalue weighted by Gasteiger charge is 2.38. The first-order valence-electron chi connectivity index (χ1n) is 8.85. The molecule has 0 unspecified atom stereocenters. The molecule has 2 atom stereocenters. The smallest absolute Gasteiger partial charge is 0.222 e. The molecule has 2 aliphatic heterocycles. The third-order valence-corrected chi connectivity index (χ3v) is 5.33. The van der Waals surface area contributed by atoms with Crippen LogP contribution in [0.1, 0.15) is 24.8 Å². The van der Waals surface area contributed by atoms with E-state index >= 15 is 0 Å². The van der Waals surface area contributed by atoms with E-state index in [9.17, 15) is 4.79 Å². The van der Waals surface area contributed by atoms with Crippen molar-refractivity contribution in [1.82, 2.24) is 9.80 Å². The number of carbonyl (C=O) groups is 1. The first-order valence-corrected chi connectivity index (χ1v) is 8.85. The van der Waals surface area contributed by atoms with E-state index in [0.29, 0.717) is 30.9 Å². The van der Waals surface area contributed by atoms with Crippen molar-refractivity contribution in [3.63, 3.8) is 0 Å². The van der Waals surface area contributed by atoms with Gasteiger partial charge in [-0.25, -0.2) is 0 Å². The Balaban J connectivity index is 1.58. The Kier molecular flexibility index (Phi) is 5.74. The molecule has 5 heteroatoms. The van der Waals surface area contributed by atoms with Crippen molar-refractivity contribution in [2.75, 3.05) is 40.5 Å². The second-order valence-corrected chi connectivity index (χ2v) is 6.82. The van der Waals surface area contributed by atoms with Crippen LogP contribution in [0.2, 0.25) is 0 Å². The lowest BCUT2D eigenvalue weighted by Gasteiger charge is -2.47. The Labute approximate surface area is 144 Å². The summed E-state index contributed by atoms with van der Waals surface area (Å²) >= 11 is 0. The van der Waals surface area contributed by atoms with Gasteiger partial charge in [0.25, 0.3) is 0 Å². The zero-order chi connectivity index (χ0) is 16.9. The van der Waals surface area contributed by atoms with Crippen LogP contribution >= 0.6 is 0 Å². The van der Waals surface area contributed by atoms with Crippen molar-refractivity contribution in [1.29, 1.82) is 0 Å². The van der Waals surface area contributed by atoms with E-state index in [1.807, 2.05) is 12.1 Å². The molecule has 0 spiro atoms. The third-order valence-electron chi connectivity index (χ3n) is 5.33. The fraction of sp³-hybridized carbons (Fsp3) is 0.632. The maximum Gasteiger partial charge on any atom is 0.222 e. The number of rotatable bonds is 6. The standard InChI is InChI=1S/C19H28N2O3/c1-23-12-11-21-18-9-10-20(14-16(18)5-8-19(21)22)13-15-3-6-17(24-2)7-4-15/h3-4,6-7,16,18H,5,8-14H2,1-2H3/t16-,18+/m1/s1. The van der Waals surface area contributed by atoms with Crippen LogP contribution in [0.3, 0.4) is 0 Å². The molecule has 2 fully saturated rings. The minimum absolute atomic E-state index is 0.303. The lowest BCUT2D eigenvalue weighted by Crippen LogP contribution is -2.56. The first kappa shape index (κ1) is 17.2. The average molecular weight is 332 g/mol. The van der Waals surface area contributed by atoms with Crippen molar-refractivity contribution in [3.8, 4) is 5.75 Å². The van der Waals surface area contributed by atoms with E-state index in [2.05, 4.69) is 21.9 Å². The van der Waals surface area contributed by atoms with Crippen LogP contribution in [0, 0.1) is 5.92 Å². The van der Waals surface area contributed by atoms with Crippen LogP contribution in [0.5, 0.6) is 5.75 Å². The van der Waals surface area contributed by atoms with E-state index in [1.54, 1.807) is 14.2 Å². The molecule has 2 saturated heterocycles. The number of hydrogen-bond donors (Lipinski definition) is 0. The highest BCUT2D eigenvalue weighted by Crippen LogP contribution is 2.31. The molecule has 0 saturated carbocycles. The van der Waals surface area contributed by atoms with Gasteiger partial charge in [0.05, 0.1) is 13.7 Å². The van der Waals surface area contributed by atoms with Crippen molar-refractivity contribution in [3.05, 3.63) is 29.8 Å². The van der Waals surface area contributed by atoms with Crippen LogP contribution in [0.4, 0.5) is 0 Å². The number of methoxy groups -OCH3 is 2. The highest BCUT2D eigenvalue weighted by atomic mass is 16.5. The molecule has 24 heavy (non-hydrogen) atoms. The summed E-state index contributed by atoms with van der Waals surface area (Å²) in [5, 5.41) is 0. The molecule has 3 rings (SSSR count). The highest BCUT2D eigenvalue weighted by molar-refractivity contribution is 5.77. The van der Waals surface area contributed by atoms with Crippen LogP contribution in [0.15, 0.2) is 24.3 Å². The van der Waals surface area contributed by atoms with Gasteiger partial charge in [-0.1, -0.05) is 12.1 Å². The number of carbonyl (C=O) groups excluding carboxylic acids is 1. The van der Waals surface area contributed by atoms with E-state index in [0.717, 1.165) is 44.8 Å². The Bertz CT molecular complexity index is 546. The van der Waals surface area contributed by atoms with E-state index in [4.69, 9.17) is 9.47 Å². The number of piperidine rings is 2. The molecule has 0 bridgehead atoms. The van der Waals surface area contributed by atoms with Crippen molar-refractivity contribution < 1.29 is 14.3 Å². The molecule has 2 heterocycles. The van der Waals surface area contributed by atoms with Gasteiger partial charge in [0.15, 0.2) is 0 Å². The molecule has 0 aliphatic carbocycles. The molecular weight excluding hydrogens is 304 g/mol. The van der Waals surface area contributed by atoms with Crippen LogP contribution < -0.4 is 4.74 Å². The van der Waals surface area contributed by atoms with Gasteiger partial charge < -0.3 is 14.4 Å². The predicted molar refractivity (Wildman–Crippen MR) is 93.0 cm³/mol. The van der Waals surface area contributed by atoms with Gasteiger partial charge in [0, 0.05) is 45.8 Å². The summed E-state index contributed by atoms with van der Waals surface area (Å²) in [4.78, 5) is 16.8. The Hall–Kier alpha value is -1.59. The number of hydrogen-bond acceptors (Lipinski definition) is 4. The summed E-state index contributed by atoms with van der Waals surface area (Å²) in [7, 11) is 3.39. The number of ether oxygens (including phenoxy) is 2. The van der Waals surface area contributed by atoms with Gasteiger partial charge in [-0.05, 0) is 36.5 Å². The minimum atomic E-state index is 0.303. The molecule has 132 valence electrons. The van der Waals surface area contributed by atoms with Crippen LogP contribution in [0.25, 0.3) is 0 Å². The molecule has 2 aliphatic rings. The maximum absolute atomic E-state index is 12.2. The van der Waals surface area contributed by atoms with Gasteiger partial charge in [-0.15, -0.1) is 0 Å². The number of benzene rings is 1. The second-order valence-electron chi connectivity index (χ2n) is 6.82. The number of fused-ring (bicyclic) bond motifs is 1. The quantitative estimate of drug-likeness (QED) is 0.800. The SMILES string of the molecule is COCCN1C(=O)CC[C@@H]2CN(Cc3ccc(OC)cc3)CC[C@@H]21. The first-order chi connectivity index (χ1) is 11.7. The maximum atomic E-state index is 12.2. The molecule has 1 aromatic rings. The van der Waals surface area contributed by atoms with Crippen LogP contribution in [-0.4, -0.2) is 62.2 Å². The minimum Gasteiger partial charge on any atom is -0.497 e. The second kappa shape index (κ2) is 7.99. The van der Waals surface area contributed by atoms with Crippen LogP contribution in [-0.2, 0) is 16.1 Å². The van der Waals surface area contributed by atoms with Gasteiger partial charge >= 0.3 is 0 Å². The Morgan fingerprint density at radius 1 is 1.17 bits per heavy atom.